The number of anilines is 1. The van der Waals surface area contributed by atoms with Crippen LogP contribution in [0.4, 0.5) is 5.69 Å². The molecule has 0 radical (unpaired) electrons. The second-order valence-corrected chi connectivity index (χ2v) is 7.95. The molecule has 0 aliphatic carbocycles. The van der Waals surface area contributed by atoms with Gasteiger partial charge in [-0.1, -0.05) is 49.4 Å². The summed E-state index contributed by atoms with van der Waals surface area (Å²) in [6.07, 6.45) is 1.83. The van der Waals surface area contributed by atoms with E-state index >= 15 is 0 Å². The molecule has 1 N–H and O–H groups in total. The summed E-state index contributed by atoms with van der Waals surface area (Å²) in [5.41, 5.74) is 2.42. The van der Waals surface area contributed by atoms with Gasteiger partial charge in [-0.3, -0.25) is 9.10 Å². The summed E-state index contributed by atoms with van der Waals surface area (Å²) in [5, 5.41) is 2.92. The molecule has 134 valence electrons. The van der Waals surface area contributed by atoms with E-state index in [0.717, 1.165) is 28.1 Å². The molecule has 0 spiro atoms. The van der Waals surface area contributed by atoms with E-state index in [1.165, 1.54) is 0 Å². The van der Waals surface area contributed by atoms with E-state index in [4.69, 9.17) is 0 Å². The zero-order chi connectivity index (χ0) is 18.4. The number of hydrogen-bond donors (Lipinski definition) is 1. The van der Waals surface area contributed by atoms with Gasteiger partial charge in [-0.05, 0) is 36.6 Å². The van der Waals surface area contributed by atoms with Crippen LogP contribution < -0.4 is 9.62 Å². The van der Waals surface area contributed by atoms with Crippen LogP contribution in [0.1, 0.15) is 30.5 Å². The number of hydrogen-bond acceptors (Lipinski definition) is 3. The molecule has 0 fully saturated rings. The molecule has 0 aliphatic heterocycles. The Morgan fingerprint density at radius 3 is 2.36 bits per heavy atom. The molecule has 0 bridgehead atoms. The first-order valence-electron chi connectivity index (χ1n) is 8.20. The number of rotatable bonds is 7. The molecule has 0 aliphatic rings. The van der Waals surface area contributed by atoms with Gasteiger partial charge in [0.2, 0.25) is 15.9 Å². The van der Waals surface area contributed by atoms with Crippen LogP contribution in [0.3, 0.4) is 0 Å². The molecule has 6 heteroatoms. The van der Waals surface area contributed by atoms with Crippen LogP contribution in [-0.2, 0) is 14.8 Å². The van der Waals surface area contributed by atoms with Crippen LogP contribution in [-0.4, -0.2) is 27.1 Å². The Labute approximate surface area is 149 Å². The second kappa shape index (κ2) is 8.16. The lowest BCUT2D eigenvalue weighted by atomic mass is 10.0. The molecule has 2 aromatic carbocycles. The number of carbonyl (C=O) groups excluding carboxylic acids is 1. The third-order valence-electron chi connectivity index (χ3n) is 3.92. The Morgan fingerprint density at radius 1 is 1.12 bits per heavy atom. The van der Waals surface area contributed by atoms with Crippen molar-refractivity contribution in [2.45, 2.75) is 26.3 Å². The molecule has 5 nitrogen and oxygen atoms in total. The molecule has 1 amide bonds. The van der Waals surface area contributed by atoms with Crippen molar-refractivity contribution >= 4 is 21.6 Å². The van der Waals surface area contributed by atoms with Crippen LogP contribution in [0.5, 0.6) is 0 Å². The molecule has 0 saturated carbocycles. The Balaban J connectivity index is 2.17. The van der Waals surface area contributed by atoms with Crippen molar-refractivity contribution in [2.75, 3.05) is 17.1 Å². The second-order valence-electron chi connectivity index (χ2n) is 6.05. The molecular formula is C19H24N2O3S. The zero-order valence-electron chi connectivity index (χ0n) is 14.8. The minimum atomic E-state index is -3.56. The fourth-order valence-electron chi connectivity index (χ4n) is 2.66. The minimum Gasteiger partial charge on any atom is -0.348 e. The van der Waals surface area contributed by atoms with Gasteiger partial charge < -0.3 is 5.32 Å². The van der Waals surface area contributed by atoms with Gasteiger partial charge in [0, 0.05) is 0 Å². The fraction of sp³-hybridized carbons (Fsp3) is 0.316. The highest BCUT2D eigenvalue weighted by Gasteiger charge is 2.22. The Kier molecular flexibility index (Phi) is 6.20. The van der Waals surface area contributed by atoms with Crippen LogP contribution in [0, 0.1) is 6.92 Å². The van der Waals surface area contributed by atoms with Crippen molar-refractivity contribution in [1.29, 1.82) is 0 Å². The summed E-state index contributed by atoms with van der Waals surface area (Å²) in [6, 6.07) is 16.6. The van der Waals surface area contributed by atoms with E-state index in [0.29, 0.717) is 5.69 Å². The zero-order valence-corrected chi connectivity index (χ0v) is 15.6. The van der Waals surface area contributed by atoms with Gasteiger partial charge in [0.05, 0.1) is 18.0 Å². The summed E-state index contributed by atoms with van der Waals surface area (Å²) in [5.74, 6) is -0.331. The molecule has 2 aromatic rings. The number of amides is 1. The van der Waals surface area contributed by atoms with Crippen LogP contribution in [0.25, 0.3) is 0 Å². The smallest absolute Gasteiger partial charge is 0.241 e. The third-order valence-corrected chi connectivity index (χ3v) is 5.06. The summed E-state index contributed by atoms with van der Waals surface area (Å²) < 4.78 is 25.4. The lowest BCUT2D eigenvalue weighted by molar-refractivity contribution is -0.120. The first kappa shape index (κ1) is 19.0. The number of nitrogens with zero attached hydrogens (tertiary/aromatic N) is 1. The number of nitrogens with one attached hydrogen (secondary N) is 1. The molecule has 0 unspecified atom stereocenters. The van der Waals surface area contributed by atoms with Gasteiger partial charge in [0.25, 0.3) is 0 Å². The third kappa shape index (κ3) is 5.32. The van der Waals surface area contributed by atoms with E-state index in [1.807, 2.05) is 50.2 Å². The highest BCUT2D eigenvalue weighted by atomic mass is 32.2. The Morgan fingerprint density at radius 2 is 1.80 bits per heavy atom. The van der Waals surface area contributed by atoms with Crippen molar-refractivity contribution < 1.29 is 13.2 Å². The van der Waals surface area contributed by atoms with Crippen LogP contribution in [0.15, 0.2) is 54.6 Å². The van der Waals surface area contributed by atoms with E-state index in [-0.39, 0.29) is 18.5 Å². The van der Waals surface area contributed by atoms with E-state index < -0.39 is 10.0 Å². The van der Waals surface area contributed by atoms with E-state index in [9.17, 15) is 13.2 Å². The number of benzene rings is 2. The maximum Gasteiger partial charge on any atom is 0.241 e. The van der Waals surface area contributed by atoms with Gasteiger partial charge in [-0.25, -0.2) is 8.42 Å². The normalized spacial score (nSPS) is 12.4. The summed E-state index contributed by atoms with van der Waals surface area (Å²) in [7, 11) is -3.56. The molecule has 0 aromatic heterocycles. The minimum absolute atomic E-state index is 0.146. The van der Waals surface area contributed by atoms with Gasteiger partial charge in [0.15, 0.2) is 0 Å². The number of sulfonamides is 1. The van der Waals surface area contributed by atoms with Gasteiger partial charge in [-0.2, -0.15) is 0 Å². The maximum absolute atomic E-state index is 12.5. The molecule has 1 atom stereocenters. The quantitative estimate of drug-likeness (QED) is 0.825. The average Bonchev–Trinajstić information content (AvgIpc) is 2.57. The SMILES string of the molecule is CC[C@@H](NC(=O)CN(c1cccc(C)c1)S(C)(=O)=O)c1ccccc1. The first-order valence-corrected chi connectivity index (χ1v) is 10.0. The van der Waals surface area contributed by atoms with E-state index in [2.05, 4.69) is 5.32 Å². The summed E-state index contributed by atoms with van der Waals surface area (Å²) in [6.45, 7) is 3.62. The predicted molar refractivity (Wildman–Crippen MR) is 101 cm³/mol. The molecule has 0 heterocycles. The lowest BCUT2D eigenvalue weighted by Gasteiger charge is -2.24. The van der Waals surface area contributed by atoms with Crippen molar-refractivity contribution in [3.05, 3.63) is 65.7 Å². The fourth-order valence-corrected chi connectivity index (χ4v) is 3.51. The summed E-state index contributed by atoms with van der Waals surface area (Å²) in [4.78, 5) is 12.5. The van der Waals surface area contributed by atoms with Crippen molar-refractivity contribution in [3.63, 3.8) is 0 Å². The van der Waals surface area contributed by atoms with Crippen molar-refractivity contribution in [1.82, 2.24) is 5.32 Å². The number of carbonyl (C=O) groups is 1. The molecule has 25 heavy (non-hydrogen) atoms. The predicted octanol–water partition coefficient (Wildman–Crippen LogP) is 3.03. The topological polar surface area (TPSA) is 66.5 Å². The van der Waals surface area contributed by atoms with Gasteiger partial charge in [-0.15, -0.1) is 0 Å². The standard InChI is InChI=1S/C19H24N2O3S/c1-4-18(16-10-6-5-7-11-16)20-19(22)14-21(25(3,23)24)17-12-8-9-15(2)13-17/h5-13,18H,4,14H2,1-3H3,(H,20,22)/t18-/m1/s1. The number of aryl methyl sites for hydroxylation is 1. The van der Waals surface area contributed by atoms with Crippen molar-refractivity contribution in [3.8, 4) is 0 Å². The van der Waals surface area contributed by atoms with Gasteiger partial charge in [0.1, 0.15) is 6.54 Å². The molecule has 0 saturated heterocycles. The lowest BCUT2D eigenvalue weighted by Crippen LogP contribution is -2.41. The molecular weight excluding hydrogens is 336 g/mol. The van der Waals surface area contributed by atoms with Crippen molar-refractivity contribution in [2.24, 2.45) is 0 Å². The molecule has 2 rings (SSSR count). The monoisotopic (exact) mass is 360 g/mol. The first-order chi connectivity index (χ1) is 11.8. The summed E-state index contributed by atoms with van der Waals surface area (Å²) >= 11 is 0. The largest absolute Gasteiger partial charge is 0.348 e. The van der Waals surface area contributed by atoms with Crippen LogP contribution >= 0.6 is 0 Å². The van der Waals surface area contributed by atoms with E-state index in [1.54, 1.807) is 18.2 Å². The highest BCUT2D eigenvalue weighted by Crippen LogP contribution is 2.20. The average molecular weight is 360 g/mol. The Bertz CT molecular complexity index is 820. The Hall–Kier alpha value is -2.34. The van der Waals surface area contributed by atoms with Gasteiger partial charge >= 0.3 is 0 Å². The maximum atomic E-state index is 12.5. The highest BCUT2D eigenvalue weighted by molar-refractivity contribution is 7.92. The van der Waals surface area contributed by atoms with Crippen LogP contribution in [0.2, 0.25) is 0 Å².